The zero-order valence-corrected chi connectivity index (χ0v) is 21.9. The summed E-state index contributed by atoms with van der Waals surface area (Å²) in [6, 6.07) is 18.3. The highest BCUT2D eigenvalue weighted by Gasteiger charge is 2.20. The number of anilines is 1. The molecule has 0 bridgehead atoms. The van der Waals surface area contributed by atoms with Crippen LogP contribution in [-0.4, -0.2) is 51.2 Å². The lowest BCUT2D eigenvalue weighted by atomic mass is 10.0. The molecule has 0 amide bonds. The first kappa shape index (κ1) is 26.4. The topological polar surface area (TPSA) is 85.8 Å². The van der Waals surface area contributed by atoms with Gasteiger partial charge in [-0.2, -0.15) is 0 Å². The number of sulfonamides is 1. The van der Waals surface area contributed by atoms with Gasteiger partial charge in [0.05, 0.1) is 18.5 Å². The van der Waals surface area contributed by atoms with Gasteiger partial charge in [0.25, 0.3) is 0 Å². The molecule has 3 rings (SSSR count). The highest BCUT2D eigenvalue weighted by molar-refractivity contribution is 14.0. The van der Waals surface area contributed by atoms with Crippen LogP contribution in [-0.2, 0) is 23.1 Å². The Bertz CT molecular complexity index is 961. The Morgan fingerprint density at radius 2 is 1.72 bits per heavy atom. The maximum absolute atomic E-state index is 11.6. The second kappa shape index (κ2) is 13.0. The molecule has 1 heterocycles. The second-order valence-electron chi connectivity index (χ2n) is 7.91. The first-order chi connectivity index (χ1) is 14.9. The van der Waals surface area contributed by atoms with Crippen molar-refractivity contribution >= 4 is 45.6 Å². The van der Waals surface area contributed by atoms with E-state index in [1.54, 1.807) is 6.07 Å². The van der Waals surface area contributed by atoms with Crippen LogP contribution in [0.25, 0.3) is 0 Å². The van der Waals surface area contributed by atoms with Crippen molar-refractivity contribution in [2.75, 3.05) is 30.6 Å². The number of nitrogens with zero attached hydrogens (tertiary/aromatic N) is 2. The third-order valence-electron chi connectivity index (χ3n) is 5.24. The fourth-order valence-electron chi connectivity index (χ4n) is 3.71. The van der Waals surface area contributed by atoms with Crippen LogP contribution >= 0.6 is 24.0 Å². The van der Waals surface area contributed by atoms with Crippen molar-refractivity contribution in [3.63, 3.8) is 0 Å². The molecule has 32 heavy (non-hydrogen) atoms. The summed E-state index contributed by atoms with van der Waals surface area (Å²) in [5, 5.41) is 6.86. The number of likely N-dealkylation sites (tertiary alicyclic amines) is 1. The van der Waals surface area contributed by atoms with Gasteiger partial charge in [-0.15, -0.1) is 24.0 Å². The van der Waals surface area contributed by atoms with Crippen LogP contribution in [0.5, 0.6) is 0 Å². The van der Waals surface area contributed by atoms with Gasteiger partial charge in [-0.05, 0) is 37.0 Å². The lowest BCUT2D eigenvalue weighted by Crippen LogP contribution is -2.48. The Hall–Kier alpha value is -1.85. The normalized spacial score (nSPS) is 15.6. The van der Waals surface area contributed by atoms with Gasteiger partial charge in [-0.25, -0.2) is 13.4 Å². The summed E-state index contributed by atoms with van der Waals surface area (Å²) in [5.74, 6) is 0.762. The molecule has 7 nitrogen and oxygen atoms in total. The van der Waals surface area contributed by atoms with E-state index in [1.165, 1.54) is 5.56 Å². The molecule has 1 aliphatic heterocycles. The number of nitrogens with one attached hydrogen (secondary N) is 3. The molecule has 176 valence electrons. The molecule has 0 aromatic heterocycles. The van der Waals surface area contributed by atoms with Gasteiger partial charge in [-0.1, -0.05) is 48.5 Å². The van der Waals surface area contributed by atoms with Gasteiger partial charge in [0, 0.05) is 32.2 Å². The Kier molecular flexibility index (Phi) is 10.7. The zero-order chi connectivity index (χ0) is 22.1. The number of aliphatic imine (C=N–C) groups is 1. The van der Waals surface area contributed by atoms with Crippen molar-refractivity contribution in [1.29, 1.82) is 0 Å². The van der Waals surface area contributed by atoms with Gasteiger partial charge in [0.1, 0.15) is 0 Å². The highest BCUT2D eigenvalue weighted by atomic mass is 127. The molecule has 0 saturated carbocycles. The summed E-state index contributed by atoms with van der Waals surface area (Å²) in [5.41, 5.74) is 2.76. The Morgan fingerprint density at radius 3 is 2.38 bits per heavy atom. The molecule has 3 N–H and O–H groups in total. The Labute approximate surface area is 209 Å². The molecule has 0 spiro atoms. The van der Waals surface area contributed by atoms with Crippen molar-refractivity contribution in [3.8, 4) is 0 Å². The number of halogens is 1. The SMILES string of the molecule is CCNC(=NCc1ccccc1NS(C)(=O)=O)NC1CCN(Cc2ccccc2)CC1.I. The van der Waals surface area contributed by atoms with Gasteiger partial charge >= 0.3 is 0 Å². The summed E-state index contributed by atoms with van der Waals surface area (Å²) in [6.45, 7) is 6.29. The molecule has 9 heteroatoms. The van der Waals surface area contributed by atoms with Crippen molar-refractivity contribution in [2.45, 2.75) is 38.9 Å². The van der Waals surface area contributed by atoms with Crippen LogP contribution in [0.4, 0.5) is 5.69 Å². The molecular formula is C23H34IN5O2S. The average molecular weight is 572 g/mol. The minimum Gasteiger partial charge on any atom is -0.357 e. The zero-order valence-electron chi connectivity index (χ0n) is 18.8. The molecule has 0 unspecified atom stereocenters. The number of guanidine groups is 1. The van der Waals surface area contributed by atoms with Crippen LogP contribution in [0.1, 0.15) is 30.9 Å². The number of hydrogen-bond acceptors (Lipinski definition) is 4. The maximum Gasteiger partial charge on any atom is 0.229 e. The van der Waals surface area contributed by atoms with Gasteiger partial charge in [-0.3, -0.25) is 9.62 Å². The van der Waals surface area contributed by atoms with E-state index in [4.69, 9.17) is 4.99 Å². The van der Waals surface area contributed by atoms with E-state index in [9.17, 15) is 8.42 Å². The molecule has 0 atom stereocenters. The minimum absolute atomic E-state index is 0. The number of para-hydroxylation sites is 1. The van der Waals surface area contributed by atoms with Crippen molar-refractivity contribution in [3.05, 3.63) is 65.7 Å². The van der Waals surface area contributed by atoms with Crippen molar-refractivity contribution in [1.82, 2.24) is 15.5 Å². The largest absolute Gasteiger partial charge is 0.357 e. The van der Waals surface area contributed by atoms with Crippen molar-refractivity contribution in [2.24, 2.45) is 4.99 Å². The number of piperidine rings is 1. The number of hydrogen-bond donors (Lipinski definition) is 3. The molecule has 0 aliphatic carbocycles. The smallest absolute Gasteiger partial charge is 0.229 e. The lowest BCUT2D eigenvalue weighted by Gasteiger charge is -2.33. The molecule has 1 saturated heterocycles. The second-order valence-corrected chi connectivity index (χ2v) is 9.66. The standard InChI is InChI=1S/C23H33N5O2S.HI/c1-3-24-23(25-17-20-11-7-8-12-22(20)27-31(2,29)30)26-21-13-15-28(16-14-21)18-19-9-5-4-6-10-19;/h4-12,21,27H,3,13-18H2,1-2H3,(H2,24,25,26);1H. The fourth-order valence-corrected chi connectivity index (χ4v) is 4.31. The van der Waals surface area contributed by atoms with Gasteiger partial charge < -0.3 is 10.6 Å². The quantitative estimate of drug-likeness (QED) is 0.257. The average Bonchev–Trinajstić information content (AvgIpc) is 2.74. The van der Waals surface area contributed by atoms with Crippen LogP contribution in [0.2, 0.25) is 0 Å². The van der Waals surface area contributed by atoms with Crippen LogP contribution in [0.3, 0.4) is 0 Å². The van der Waals surface area contributed by atoms with E-state index in [-0.39, 0.29) is 24.0 Å². The Morgan fingerprint density at radius 1 is 1.06 bits per heavy atom. The van der Waals surface area contributed by atoms with E-state index in [0.29, 0.717) is 18.3 Å². The van der Waals surface area contributed by atoms with Crippen LogP contribution < -0.4 is 15.4 Å². The van der Waals surface area contributed by atoms with E-state index < -0.39 is 10.0 Å². The van der Waals surface area contributed by atoms with Gasteiger partial charge in [0.2, 0.25) is 10.0 Å². The van der Waals surface area contributed by atoms with E-state index in [0.717, 1.165) is 56.8 Å². The summed E-state index contributed by atoms with van der Waals surface area (Å²) >= 11 is 0. The van der Waals surface area contributed by atoms with Gasteiger partial charge in [0.15, 0.2) is 5.96 Å². The summed E-state index contributed by atoms with van der Waals surface area (Å²) in [7, 11) is -3.33. The maximum atomic E-state index is 11.6. The first-order valence-corrected chi connectivity index (χ1v) is 12.7. The summed E-state index contributed by atoms with van der Waals surface area (Å²) in [4.78, 5) is 7.19. The van der Waals surface area contributed by atoms with Crippen LogP contribution in [0.15, 0.2) is 59.6 Å². The molecule has 1 fully saturated rings. The molecular weight excluding hydrogens is 537 g/mol. The van der Waals surface area contributed by atoms with Crippen molar-refractivity contribution < 1.29 is 8.42 Å². The third-order valence-corrected chi connectivity index (χ3v) is 5.83. The Balaban J connectivity index is 0.00000363. The van der Waals surface area contributed by atoms with Crippen LogP contribution in [0, 0.1) is 0 Å². The summed E-state index contributed by atoms with van der Waals surface area (Å²) < 4.78 is 25.8. The monoisotopic (exact) mass is 571 g/mol. The predicted molar refractivity (Wildman–Crippen MR) is 143 cm³/mol. The number of rotatable bonds is 8. The van der Waals surface area contributed by atoms with E-state index in [1.807, 2.05) is 25.1 Å². The molecule has 2 aromatic carbocycles. The predicted octanol–water partition coefficient (Wildman–Crippen LogP) is 3.40. The van der Waals surface area contributed by atoms with E-state index >= 15 is 0 Å². The third kappa shape index (κ3) is 8.95. The molecule has 2 aromatic rings. The lowest BCUT2D eigenvalue weighted by molar-refractivity contribution is 0.198. The first-order valence-electron chi connectivity index (χ1n) is 10.8. The highest BCUT2D eigenvalue weighted by Crippen LogP contribution is 2.18. The number of benzene rings is 2. The molecule has 1 aliphatic rings. The summed E-state index contributed by atoms with van der Waals surface area (Å²) in [6.07, 6.45) is 3.27. The molecule has 0 radical (unpaired) electrons. The fraction of sp³-hybridized carbons (Fsp3) is 0.435. The minimum atomic E-state index is -3.33. The van der Waals surface area contributed by atoms with E-state index in [2.05, 4.69) is 50.6 Å².